The van der Waals surface area contributed by atoms with Crippen molar-refractivity contribution in [1.29, 1.82) is 0 Å². The molecule has 0 amide bonds. The minimum atomic E-state index is 0.645. The van der Waals surface area contributed by atoms with Gasteiger partial charge in [0.1, 0.15) is 0 Å². The molecule has 0 bridgehead atoms. The molecule has 2 N–H and O–H groups in total. The number of nitrogens with two attached hydrogens (primary N) is 1. The van der Waals surface area contributed by atoms with Crippen LogP contribution in [-0.2, 0) is 0 Å². The van der Waals surface area contributed by atoms with Crippen molar-refractivity contribution >= 4 is 0 Å². The molecule has 0 aromatic rings. The van der Waals surface area contributed by atoms with Crippen LogP contribution in [0.5, 0.6) is 0 Å². The normalized spacial score (nSPS) is 44.8. The molecule has 2 aliphatic rings. The first-order chi connectivity index (χ1) is 8.15. The van der Waals surface area contributed by atoms with Gasteiger partial charge in [-0.1, -0.05) is 26.7 Å². The first kappa shape index (κ1) is 13.4. The van der Waals surface area contributed by atoms with Crippen molar-refractivity contribution in [2.75, 3.05) is 6.54 Å². The molecule has 0 radical (unpaired) electrons. The van der Waals surface area contributed by atoms with Crippen LogP contribution in [0.4, 0.5) is 0 Å². The largest absolute Gasteiger partial charge is 0.329 e. The number of nitrogens with zero attached hydrogens (tertiary/aromatic N) is 1. The van der Waals surface area contributed by atoms with Crippen LogP contribution in [0.25, 0.3) is 0 Å². The first-order valence-corrected chi connectivity index (χ1v) is 7.62. The van der Waals surface area contributed by atoms with Crippen molar-refractivity contribution in [3.63, 3.8) is 0 Å². The van der Waals surface area contributed by atoms with Gasteiger partial charge in [-0.05, 0) is 44.4 Å². The van der Waals surface area contributed by atoms with Gasteiger partial charge in [-0.3, -0.25) is 4.90 Å². The summed E-state index contributed by atoms with van der Waals surface area (Å²) in [6.07, 6.45) is 8.30. The van der Waals surface area contributed by atoms with Gasteiger partial charge in [0.15, 0.2) is 0 Å². The first-order valence-electron chi connectivity index (χ1n) is 7.62. The molecule has 4 unspecified atom stereocenters. The van der Waals surface area contributed by atoms with Crippen molar-refractivity contribution in [3.05, 3.63) is 0 Å². The molecule has 2 nitrogen and oxygen atoms in total. The van der Waals surface area contributed by atoms with Crippen LogP contribution in [0.3, 0.4) is 0 Å². The monoisotopic (exact) mass is 238 g/mol. The lowest BCUT2D eigenvalue weighted by molar-refractivity contribution is -0.0162. The molecule has 4 atom stereocenters. The highest BCUT2D eigenvalue weighted by Gasteiger charge is 2.39. The molecule has 1 saturated carbocycles. The fraction of sp³-hybridized carbons (Fsp3) is 1.00. The fourth-order valence-corrected chi connectivity index (χ4v) is 4.34. The van der Waals surface area contributed by atoms with Crippen LogP contribution in [-0.4, -0.2) is 29.6 Å². The predicted octanol–water partition coefficient (Wildman–Crippen LogP) is 3.01. The Morgan fingerprint density at radius 3 is 2.12 bits per heavy atom. The lowest BCUT2D eigenvalue weighted by atomic mass is 9.75. The molecule has 2 rings (SSSR count). The molecular weight excluding hydrogens is 208 g/mol. The Balaban J connectivity index is 2.15. The molecule has 0 spiro atoms. The van der Waals surface area contributed by atoms with Crippen LogP contribution in [0, 0.1) is 11.8 Å². The molecule has 100 valence electrons. The van der Waals surface area contributed by atoms with E-state index in [-0.39, 0.29) is 0 Å². The topological polar surface area (TPSA) is 29.3 Å². The third kappa shape index (κ3) is 2.68. The van der Waals surface area contributed by atoms with Gasteiger partial charge in [0.05, 0.1) is 0 Å². The van der Waals surface area contributed by atoms with Gasteiger partial charge in [-0.25, -0.2) is 0 Å². The van der Waals surface area contributed by atoms with Gasteiger partial charge in [-0.2, -0.15) is 0 Å². The Morgan fingerprint density at radius 1 is 0.941 bits per heavy atom. The molecule has 0 aromatic carbocycles. The van der Waals surface area contributed by atoms with Gasteiger partial charge in [-0.15, -0.1) is 0 Å². The van der Waals surface area contributed by atoms with Crippen LogP contribution < -0.4 is 5.73 Å². The van der Waals surface area contributed by atoms with E-state index in [0.717, 1.165) is 30.5 Å². The number of hydrogen-bond acceptors (Lipinski definition) is 2. The van der Waals surface area contributed by atoms with Crippen LogP contribution in [0.1, 0.15) is 59.3 Å². The average molecular weight is 238 g/mol. The highest BCUT2D eigenvalue weighted by atomic mass is 15.2. The number of hydrogen-bond donors (Lipinski definition) is 1. The Morgan fingerprint density at radius 2 is 1.53 bits per heavy atom. The fourth-order valence-electron chi connectivity index (χ4n) is 4.34. The second-order valence-corrected chi connectivity index (χ2v) is 6.49. The van der Waals surface area contributed by atoms with E-state index in [9.17, 15) is 0 Å². The average Bonchev–Trinajstić information content (AvgIpc) is 2.30. The number of piperidine rings is 1. The van der Waals surface area contributed by atoms with Crippen LogP contribution in [0.15, 0.2) is 0 Å². The molecular formula is C15H30N2. The van der Waals surface area contributed by atoms with Crippen molar-refractivity contribution in [3.8, 4) is 0 Å². The summed E-state index contributed by atoms with van der Waals surface area (Å²) in [5, 5.41) is 0. The number of rotatable bonds is 2. The maximum Gasteiger partial charge on any atom is 0.0224 e. The lowest BCUT2D eigenvalue weighted by Crippen LogP contribution is -2.58. The zero-order valence-electron chi connectivity index (χ0n) is 11.9. The summed E-state index contributed by atoms with van der Waals surface area (Å²) in [6.45, 7) is 8.17. The highest BCUT2D eigenvalue weighted by molar-refractivity contribution is 4.93. The van der Waals surface area contributed by atoms with Gasteiger partial charge < -0.3 is 5.73 Å². The minimum absolute atomic E-state index is 0.645. The van der Waals surface area contributed by atoms with Crippen molar-refractivity contribution in [2.24, 2.45) is 17.6 Å². The Bertz CT molecular complexity index is 231. The zero-order valence-corrected chi connectivity index (χ0v) is 11.9. The summed E-state index contributed by atoms with van der Waals surface area (Å²) >= 11 is 0. The van der Waals surface area contributed by atoms with Crippen molar-refractivity contribution < 1.29 is 0 Å². The van der Waals surface area contributed by atoms with E-state index >= 15 is 0 Å². The summed E-state index contributed by atoms with van der Waals surface area (Å²) in [4.78, 5) is 2.80. The van der Waals surface area contributed by atoms with E-state index in [1.54, 1.807) is 0 Å². The quantitative estimate of drug-likeness (QED) is 0.801. The van der Waals surface area contributed by atoms with Crippen LogP contribution >= 0.6 is 0 Å². The number of likely N-dealkylation sites (tertiary alicyclic amines) is 1. The molecule has 1 aliphatic carbocycles. The van der Waals surface area contributed by atoms with E-state index < -0.39 is 0 Å². The summed E-state index contributed by atoms with van der Waals surface area (Å²) in [5.74, 6) is 1.71. The summed E-state index contributed by atoms with van der Waals surface area (Å²) in [6, 6.07) is 2.17. The maximum atomic E-state index is 6.01. The third-order valence-electron chi connectivity index (χ3n) is 5.19. The van der Waals surface area contributed by atoms with Crippen molar-refractivity contribution in [2.45, 2.75) is 77.4 Å². The molecule has 1 aliphatic heterocycles. The summed E-state index contributed by atoms with van der Waals surface area (Å²) in [7, 11) is 0. The molecule has 17 heavy (non-hydrogen) atoms. The van der Waals surface area contributed by atoms with Gasteiger partial charge in [0.25, 0.3) is 0 Å². The van der Waals surface area contributed by atoms with Gasteiger partial charge in [0, 0.05) is 24.7 Å². The Hall–Kier alpha value is -0.0800. The Kier molecular flexibility index (Phi) is 4.48. The van der Waals surface area contributed by atoms with E-state index in [1.807, 2.05) is 0 Å². The summed E-state index contributed by atoms with van der Waals surface area (Å²) in [5.41, 5.74) is 6.01. The van der Waals surface area contributed by atoms with E-state index in [1.165, 1.54) is 38.5 Å². The van der Waals surface area contributed by atoms with E-state index in [4.69, 9.17) is 5.73 Å². The molecule has 1 saturated heterocycles. The third-order valence-corrected chi connectivity index (χ3v) is 5.19. The second-order valence-electron chi connectivity index (χ2n) is 6.49. The van der Waals surface area contributed by atoms with Crippen molar-refractivity contribution in [1.82, 2.24) is 4.90 Å². The SMILES string of the molecule is CC1CCCC(C)C1N1C(C)CCCC1CN. The van der Waals surface area contributed by atoms with Crippen LogP contribution in [0.2, 0.25) is 0 Å². The smallest absolute Gasteiger partial charge is 0.0224 e. The van der Waals surface area contributed by atoms with Gasteiger partial charge >= 0.3 is 0 Å². The molecule has 1 heterocycles. The molecule has 0 aromatic heterocycles. The maximum absolute atomic E-state index is 6.01. The highest BCUT2D eigenvalue weighted by Crippen LogP contribution is 2.37. The van der Waals surface area contributed by atoms with E-state index in [0.29, 0.717) is 6.04 Å². The lowest BCUT2D eigenvalue weighted by Gasteiger charge is -2.51. The summed E-state index contributed by atoms with van der Waals surface area (Å²) < 4.78 is 0. The van der Waals surface area contributed by atoms with E-state index in [2.05, 4.69) is 25.7 Å². The standard InChI is InChI=1S/C15H30N2/c1-11-6-4-7-12(2)15(11)17-13(3)8-5-9-14(17)10-16/h11-15H,4-10,16H2,1-3H3. The second kappa shape index (κ2) is 5.71. The zero-order chi connectivity index (χ0) is 12.4. The minimum Gasteiger partial charge on any atom is -0.329 e. The molecule has 2 heteroatoms. The van der Waals surface area contributed by atoms with Gasteiger partial charge in [0.2, 0.25) is 0 Å². The Labute approximate surface area is 107 Å². The predicted molar refractivity (Wildman–Crippen MR) is 74.0 cm³/mol. The molecule has 2 fully saturated rings.